The minimum Gasteiger partial charge on any atom is -0.370 e. The van der Waals surface area contributed by atoms with Gasteiger partial charge in [-0.3, -0.25) is 4.99 Å². The number of hydrogen-bond donors (Lipinski definition) is 0. The molecule has 1 fully saturated rings. The van der Waals surface area contributed by atoms with E-state index in [0.29, 0.717) is 13.2 Å². The Kier molecular flexibility index (Phi) is 7.08. The van der Waals surface area contributed by atoms with Crippen LogP contribution >= 0.6 is 0 Å². The number of guanidine groups is 1. The maximum Gasteiger partial charge on any atom is 0.206 e. The minimum absolute atomic E-state index is 0.100. The van der Waals surface area contributed by atoms with E-state index >= 15 is 0 Å². The van der Waals surface area contributed by atoms with Crippen molar-refractivity contribution in [2.75, 3.05) is 26.7 Å². The summed E-state index contributed by atoms with van der Waals surface area (Å²) in [5.41, 5.74) is 7.09. The molecule has 5 heteroatoms. The van der Waals surface area contributed by atoms with Crippen LogP contribution < -0.4 is 0 Å². The normalized spacial score (nSPS) is 19.7. The lowest BCUT2D eigenvalue weighted by Gasteiger charge is -2.40. The lowest BCUT2D eigenvalue weighted by molar-refractivity contribution is 0.0247. The number of likely N-dealkylation sites (N-methyl/N-ethyl adjacent to an activating group) is 1. The van der Waals surface area contributed by atoms with Crippen LogP contribution in [0.15, 0.2) is 83.2 Å². The lowest BCUT2D eigenvalue weighted by Crippen LogP contribution is -2.51. The Hall–Kier alpha value is -3.18. The van der Waals surface area contributed by atoms with Crippen molar-refractivity contribution in [3.05, 3.63) is 89.9 Å². The number of aryl methyl sites for hydroxylation is 2. The summed E-state index contributed by atoms with van der Waals surface area (Å²) in [6, 6.07) is 6.44. The second-order valence-electron chi connectivity index (χ2n) is 7.87. The summed E-state index contributed by atoms with van der Waals surface area (Å²) < 4.78 is 6.09. The summed E-state index contributed by atoms with van der Waals surface area (Å²) in [4.78, 5) is 13.2. The summed E-state index contributed by atoms with van der Waals surface area (Å²) in [6.45, 7) is 20.8. The van der Waals surface area contributed by atoms with E-state index in [-0.39, 0.29) is 6.10 Å². The number of hydrogen-bond acceptors (Lipinski definition) is 5. The molecule has 1 aromatic rings. The Morgan fingerprint density at radius 1 is 1.26 bits per heavy atom. The maximum absolute atomic E-state index is 6.09. The Bertz CT molecular complexity index is 1010. The highest BCUT2D eigenvalue weighted by Gasteiger charge is 2.29. The molecule has 3 rings (SSSR count). The van der Waals surface area contributed by atoms with Crippen molar-refractivity contribution in [1.29, 1.82) is 0 Å². The molecule has 1 unspecified atom stereocenters. The summed E-state index contributed by atoms with van der Waals surface area (Å²) in [7, 11) is 1.98. The van der Waals surface area contributed by atoms with E-state index in [1.54, 1.807) is 12.4 Å². The second-order valence-corrected chi connectivity index (χ2v) is 7.87. The fraction of sp³-hybridized carbons (Fsp3) is 0.308. The first-order valence-corrected chi connectivity index (χ1v) is 10.5. The van der Waals surface area contributed by atoms with Crippen LogP contribution in [0.3, 0.4) is 0 Å². The van der Waals surface area contributed by atoms with Gasteiger partial charge in [-0.05, 0) is 60.8 Å². The number of rotatable bonds is 5. The van der Waals surface area contributed by atoms with Crippen LogP contribution in [-0.2, 0) is 4.74 Å². The topological polar surface area (TPSA) is 40.4 Å². The van der Waals surface area contributed by atoms with E-state index < -0.39 is 0 Å². The van der Waals surface area contributed by atoms with Gasteiger partial charge in [-0.15, -0.1) is 0 Å². The Morgan fingerprint density at radius 2 is 2.03 bits per heavy atom. The zero-order chi connectivity index (χ0) is 22.5. The predicted molar refractivity (Wildman–Crippen MR) is 131 cm³/mol. The molecule has 0 N–H and O–H groups in total. The monoisotopic (exact) mass is 416 g/mol. The van der Waals surface area contributed by atoms with Crippen LogP contribution in [0, 0.1) is 13.8 Å². The van der Waals surface area contributed by atoms with E-state index in [4.69, 9.17) is 9.73 Å². The molecule has 0 spiro atoms. The van der Waals surface area contributed by atoms with Crippen molar-refractivity contribution < 1.29 is 4.74 Å². The van der Waals surface area contributed by atoms with Gasteiger partial charge in [-0.1, -0.05) is 37.9 Å². The van der Waals surface area contributed by atoms with Gasteiger partial charge in [0, 0.05) is 31.7 Å². The maximum atomic E-state index is 6.09. The quantitative estimate of drug-likeness (QED) is 0.507. The first-order valence-electron chi connectivity index (χ1n) is 10.5. The molecule has 162 valence electrons. The number of allylic oxidation sites excluding steroid dienone is 2. The third-order valence-corrected chi connectivity index (χ3v) is 5.71. The van der Waals surface area contributed by atoms with Crippen LogP contribution in [0.5, 0.6) is 0 Å². The molecular formula is C26H32N4O. The van der Waals surface area contributed by atoms with Crippen molar-refractivity contribution >= 4 is 17.7 Å². The van der Waals surface area contributed by atoms with Crippen LogP contribution in [0.25, 0.3) is 5.57 Å². The van der Waals surface area contributed by atoms with E-state index in [9.17, 15) is 0 Å². The molecule has 0 aliphatic carbocycles. The highest BCUT2D eigenvalue weighted by atomic mass is 16.5. The molecule has 5 nitrogen and oxygen atoms in total. The number of morpholine rings is 1. The van der Waals surface area contributed by atoms with Crippen LogP contribution in [0.2, 0.25) is 0 Å². The molecule has 2 heterocycles. The van der Waals surface area contributed by atoms with Gasteiger partial charge in [0.2, 0.25) is 5.96 Å². The van der Waals surface area contributed by atoms with Crippen LogP contribution in [0.4, 0.5) is 0 Å². The smallest absolute Gasteiger partial charge is 0.206 e. The van der Waals surface area contributed by atoms with E-state index in [1.807, 2.05) is 31.0 Å². The van der Waals surface area contributed by atoms with Gasteiger partial charge in [0.25, 0.3) is 0 Å². The molecule has 0 saturated carbocycles. The number of ether oxygens (including phenoxy) is 1. The van der Waals surface area contributed by atoms with Gasteiger partial charge >= 0.3 is 0 Å². The molecule has 0 amide bonds. The largest absolute Gasteiger partial charge is 0.370 e. The van der Waals surface area contributed by atoms with Gasteiger partial charge in [0.1, 0.15) is 6.10 Å². The highest BCUT2D eigenvalue weighted by Crippen LogP contribution is 2.27. The Balaban J connectivity index is 1.81. The summed E-state index contributed by atoms with van der Waals surface area (Å²) in [5.74, 6) is 0.845. The molecule has 1 aromatic carbocycles. The first kappa shape index (κ1) is 22.5. The zero-order valence-electron chi connectivity index (χ0n) is 19.1. The second kappa shape index (κ2) is 9.75. The fourth-order valence-corrected chi connectivity index (χ4v) is 3.52. The highest BCUT2D eigenvalue weighted by molar-refractivity contribution is 5.85. The average Bonchev–Trinajstić information content (AvgIpc) is 2.77. The van der Waals surface area contributed by atoms with Crippen molar-refractivity contribution in [3.63, 3.8) is 0 Å². The van der Waals surface area contributed by atoms with Crippen molar-refractivity contribution in [1.82, 2.24) is 9.80 Å². The van der Waals surface area contributed by atoms with Gasteiger partial charge in [-0.25, -0.2) is 4.99 Å². The standard InChI is InChI=1S/C26H32N4O/c1-8-27-12-11-19(3)24-16-21(5)29(7)26(28-24)30-13-14-31-25(17-30)22(6)23-10-9-18(2)20(4)15-23/h8-12,15-16,25H,3,5-6,13-14,17H2,1-2,4,7H3/b12-11-,27-8?. The van der Waals surface area contributed by atoms with E-state index in [2.05, 4.69) is 61.7 Å². The molecule has 0 radical (unpaired) electrons. The van der Waals surface area contributed by atoms with Gasteiger partial charge in [0.15, 0.2) is 0 Å². The average molecular weight is 417 g/mol. The molecule has 0 bridgehead atoms. The molecule has 1 saturated heterocycles. The van der Waals surface area contributed by atoms with Crippen molar-refractivity contribution in [3.8, 4) is 0 Å². The van der Waals surface area contributed by atoms with E-state index in [0.717, 1.165) is 40.6 Å². The van der Waals surface area contributed by atoms with Crippen LogP contribution in [-0.4, -0.2) is 54.8 Å². The number of aliphatic imine (C=N–C) groups is 2. The van der Waals surface area contributed by atoms with Gasteiger partial charge in [0.05, 0.1) is 18.8 Å². The SMILES string of the molecule is C=C(/C=C\N=CC)C1=CC(=C)N(C)C(N2CCOC(C(=C)c3ccc(C)c(C)c3)C2)=N1. The van der Waals surface area contributed by atoms with Crippen molar-refractivity contribution in [2.45, 2.75) is 26.9 Å². The Labute approximate surface area is 186 Å². The molecule has 2 aliphatic rings. The number of benzene rings is 1. The van der Waals surface area contributed by atoms with Crippen molar-refractivity contribution in [2.24, 2.45) is 9.98 Å². The summed E-state index contributed by atoms with van der Waals surface area (Å²) in [6.07, 6.45) is 7.15. The third kappa shape index (κ3) is 5.12. The summed E-state index contributed by atoms with van der Waals surface area (Å²) >= 11 is 0. The molecule has 1 atom stereocenters. The first-order chi connectivity index (χ1) is 14.8. The third-order valence-electron chi connectivity index (χ3n) is 5.71. The Morgan fingerprint density at radius 3 is 2.74 bits per heavy atom. The minimum atomic E-state index is -0.100. The molecule has 2 aliphatic heterocycles. The zero-order valence-corrected chi connectivity index (χ0v) is 19.1. The van der Waals surface area contributed by atoms with Gasteiger partial charge in [-0.2, -0.15) is 0 Å². The van der Waals surface area contributed by atoms with Crippen LogP contribution in [0.1, 0.15) is 23.6 Å². The summed E-state index contributed by atoms with van der Waals surface area (Å²) in [5, 5.41) is 0. The fourth-order valence-electron chi connectivity index (χ4n) is 3.52. The molecular weight excluding hydrogens is 384 g/mol. The van der Waals surface area contributed by atoms with Gasteiger partial charge < -0.3 is 14.5 Å². The molecule has 0 aromatic heterocycles. The van der Waals surface area contributed by atoms with E-state index in [1.165, 1.54) is 11.1 Å². The predicted octanol–water partition coefficient (Wildman–Crippen LogP) is 4.88. The molecule has 31 heavy (non-hydrogen) atoms. The number of nitrogens with zero attached hydrogens (tertiary/aromatic N) is 4. The lowest BCUT2D eigenvalue weighted by atomic mass is 9.97.